The number of carbonyl (C=O) groups excluding carboxylic acids is 2. The van der Waals surface area contributed by atoms with Crippen LogP contribution in [0, 0.1) is 0 Å². The lowest BCUT2D eigenvalue weighted by molar-refractivity contribution is -0.121. The van der Waals surface area contributed by atoms with Gasteiger partial charge in [0.15, 0.2) is 0 Å². The summed E-state index contributed by atoms with van der Waals surface area (Å²) in [4.78, 5) is 22.4. The summed E-state index contributed by atoms with van der Waals surface area (Å²) in [6, 6.07) is 0.0813. The topological polar surface area (TPSA) is 79.8 Å². The van der Waals surface area contributed by atoms with Crippen molar-refractivity contribution in [1.82, 2.24) is 10.7 Å². The third-order valence-corrected chi connectivity index (χ3v) is 2.43. The Kier molecular flexibility index (Phi) is 2.96. The number of hydrazone groups is 1. The predicted molar refractivity (Wildman–Crippen MR) is 52.2 cm³/mol. The third kappa shape index (κ3) is 2.53. The minimum atomic E-state index is -0.203. The zero-order valence-electron chi connectivity index (χ0n) is 8.28. The van der Waals surface area contributed by atoms with Crippen LogP contribution in [0.1, 0.15) is 19.3 Å². The van der Waals surface area contributed by atoms with Crippen molar-refractivity contribution in [2.24, 2.45) is 5.10 Å². The van der Waals surface area contributed by atoms with Gasteiger partial charge in [-0.3, -0.25) is 9.59 Å². The van der Waals surface area contributed by atoms with Crippen molar-refractivity contribution in [1.29, 1.82) is 0 Å². The lowest BCUT2D eigenvalue weighted by Crippen LogP contribution is -2.42. The quantitative estimate of drug-likeness (QED) is 0.625. The van der Waals surface area contributed by atoms with Gasteiger partial charge in [-0.2, -0.15) is 5.10 Å². The first-order chi connectivity index (χ1) is 7.25. The molecular formula is C9H13N3O3. The van der Waals surface area contributed by atoms with Gasteiger partial charge in [0.25, 0.3) is 5.91 Å². The van der Waals surface area contributed by atoms with Crippen molar-refractivity contribution in [2.45, 2.75) is 25.3 Å². The predicted octanol–water partition coefficient (Wildman–Crippen LogP) is -0.842. The molecule has 2 aliphatic heterocycles. The summed E-state index contributed by atoms with van der Waals surface area (Å²) in [5.41, 5.74) is 2.69. The first kappa shape index (κ1) is 10.1. The number of rotatable bonds is 2. The molecule has 1 atom stereocenters. The Balaban J connectivity index is 1.87. The minimum absolute atomic E-state index is 0.0813. The van der Waals surface area contributed by atoms with Crippen LogP contribution in [-0.4, -0.2) is 36.8 Å². The van der Waals surface area contributed by atoms with Gasteiger partial charge < -0.3 is 10.1 Å². The van der Waals surface area contributed by atoms with Gasteiger partial charge in [0, 0.05) is 19.4 Å². The van der Waals surface area contributed by atoms with Gasteiger partial charge in [0.1, 0.15) is 5.71 Å². The van der Waals surface area contributed by atoms with Gasteiger partial charge in [0.05, 0.1) is 12.6 Å². The van der Waals surface area contributed by atoms with Crippen LogP contribution in [-0.2, 0) is 14.3 Å². The molecule has 0 aromatic heterocycles. The molecule has 2 heterocycles. The summed E-state index contributed by atoms with van der Waals surface area (Å²) < 4.78 is 5.14. The Morgan fingerprint density at radius 1 is 1.53 bits per heavy atom. The molecule has 0 bridgehead atoms. The largest absolute Gasteiger partial charge is 0.379 e. The molecule has 1 unspecified atom stereocenters. The normalized spacial score (nSPS) is 25.7. The fraction of sp³-hybridized carbons (Fsp3) is 0.667. The fourth-order valence-corrected chi connectivity index (χ4v) is 1.55. The summed E-state index contributed by atoms with van der Waals surface area (Å²) in [6.45, 7) is 1.25. The van der Waals surface area contributed by atoms with Crippen molar-refractivity contribution in [3.05, 3.63) is 0 Å². The van der Waals surface area contributed by atoms with Crippen molar-refractivity contribution < 1.29 is 14.3 Å². The molecule has 82 valence electrons. The monoisotopic (exact) mass is 211 g/mol. The van der Waals surface area contributed by atoms with Gasteiger partial charge in [0.2, 0.25) is 5.91 Å². The summed E-state index contributed by atoms with van der Waals surface area (Å²) in [6.07, 6.45) is 1.57. The zero-order chi connectivity index (χ0) is 10.7. The maximum atomic E-state index is 11.6. The average Bonchev–Trinajstić information content (AvgIpc) is 2.71. The highest BCUT2D eigenvalue weighted by atomic mass is 16.5. The number of nitrogens with one attached hydrogen (secondary N) is 2. The summed E-state index contributed by atoms with van der Waals surface area (Å²) in [5.74, 6) is -0.346. The molecule has 1 fully saturated rings. The van der Waals surface area contributed by atoms with Crippen molar-refractivity contribution in [3.63, 3.8) is 0 Å². The highest BCUT2D eigenvalue weighted by molar-refractivity contribution is 6.39. The number of hydrogen-bond acceptors (Lipinski definition) is 4. The van der Waals surface area contributed by atoms with Crippen LogP contribution in [0.4, 0.5) is 0 Å². The zero-order valence-corrected chi connectivity index (χ0v) is 8.28. The summed E-state index contributed by atoms with van der Waals surface area (Å²) in [5, 5.41) is 6.53. The molecule has 2 aliphatic rings. The van der Waals surface area contributed by atoms with Gasteiger partial charge >= 0.3 is 0 Å². The lowest BCUT2D eigenvalue weighted by Gasteiger charge is -2.14. The first-order valence-electron chi connectivity index (χ1n) is 5.00. The van der Waals surface area contributed by atoms with E-state index < -0.39 is 0 Å². The highest BCUT2D eigenvalue weighted by Gasteiger charge is 2.23. The van der Waals surface area contributed by atoms with Crippen LogP contribution in [0.5, 0.6) is 0 Å². The molecule has 2 rings (SSSR count). The number of hydrogen-bond donors (Lipinski definition) is 2. The van der Waals surface area contributed by atoms with Gasteiger partial charge in [-0.15, -0.1) is 0 Å². The Bertz CT molecular complexity index is 308. The molecule has 0 radical (unpaired) electrons. The standard InChI is InChI=1S/C9H13N3O3/c13-8-2-1-7(11-12-8)9(14)10-6-3-4-15-5-6/h6H,1-5H2,(H,10,14)(H,12,13). The molecule has 0 aromatic rings. The van der Waals surface area contributed by atoms with E-state index >= 15 is 0 Å². The molecule has 0 saturated carbocycles. The van der Waals surface area contributed by atoms with E-state index in [1.807, 2.05) is 0 Å². The van der Waals surface area contributed by atoms with E-state index in [1.54, 1.807) is 0 Å². The van der Waals surface area contributed by atoms with Gasteiger partial charge in [-0.1, -0.05) is 0 Å². The van der Waals surface area contributed by atoms with E-state index in [0.29, 0.717) is 31.8 Å². The molecule has 2 N–H and O–H groups in total. The number of nitrogens with zero attached hydrogens (tertiary/aromatic N) is 1. The van der Waals surface area contributed by atoms with Crippen LogP contribution in [0.2, 0.25) is 0 Å². The van der Waals surface area contributed by atoms with Crippen LogP contribution < -0.4 is 10.7 Å². The van der Waals surface area contributed by atoms with Gasteiger partial charge in [-0.25, -0.2) is 5.43 Å². The van der Waals surface area contributed by atoms with E-state index in [9.17, 15) is 9.59 Å². The van der Waals surface area contributed by atoms with Crippen LogP contribution >= 0.6 is 0 Å². The number of carbonyl (C=O) groups is 2. The smallest absolute Gasteiger partial charge is 0.267 e. The molecule has 6 heteroatoms. The van der Waals surface area contributed by atoms with Crippen molar-refractivity contribution >= 4 is 17.5 Å². The second-order valence-corrected chi connectivity index (χ2v) is 3.63. The summed E-state index contributed by atoms with van der Waals surface area (Å²) in [7, 11) is 0. The van der Waals surface area contributed by atoms with Gasteiger partial charge in [-0.05, 0) is 6.42 Å². The molecule has 15 heavy (non-hydrogen) atoms. The molecule has 6 nitrogen and oxygen atoms in total. The second kappa shape index (κ2) is 4.39. The molecule has 0 aromatic carbocycles. The third-order valence-electron chi connectivity index (χ3n) is 2.43. The van der Waals surface area contributed by atoms with Crippen LogP contribution in [0.15, 0.2) is 5.10 Å². The van der Waals surface area contributed by atoms with Crippen LogP contribution in [0.25, 0.3) is 0 Å². The highest BCUT2D eigenvalue weighted by Crippen LogP contribution is 2.05. The van der Waals surface area contributed by atoms with E-state index in [1.165, 1.54) is 0 Å². The Hall–Kier alpha value is -1.43. The first-order valence-corrected chi connectivity index (χ1v) is 5.00. The minimum Gasteiger partial charge on any atom is -0.379 e. The molecular weight excluding hydrogens is 198 g/mol. The number of ether oxygens (including phenoxy) is 1. The van der Waals surface area contributed by atoms with E-state index in [4.69, 9.17) is 4.74 Å². The summed E-state index contributed by atoms with van der Waals surface area (Å²) >= 11 is 0. The Labute approximate surface area is 87.0 Å². The van der Waals surface area contributed by atoms with E-state index in [0.717, 1.165) is 6.42 Å². The average molecular weight is 211 g/mol. The molecule has 1 saturated heterocycles. The molecule has 0 aliphatic carbocycles. The lowest BCUT2D eigenvalue weighted by atomic mass is 10.1. The fourth-order valence-electron chi connectivity index (χ4n) is 1.55. The SMILES string of the molecule is O=C1CCC(C(=O)NC2CCOC2)=NN1. The maximum Gasteiger partial charge on any atom is 0.267 e. The van der Waals surface area contributed by atoms with E-state index in [2.05, 4.69) is 15.8 Å². The molecule has 0 spiro atoms. The number of amides is 2. The second-order valence-electron chi connectivity index (χ2n) is 3.63. The Morgan fingerprint density at radius 3 is 3.00 bits per heavy atom. The Morgan fingerprint density at radius 2 is 2.40 bits per heavy atom. The van der Waals surface area contributed by atoms with E-state index in [-0.39, 0.29) is 17.9 Å². The molecule has 2 amide bonds. The van der Waals surface area contributed by atoms with Crippen molar-refractivity contribution in [2.75, 3.05) is 13.2 Å². The van der Waals surface area contributed by atoms with Crippen LogP contribution in [0.3, 0.4) is 0 Å². The maximum absolute atomic E-state index is 11.6. The van der Waals surface area contributed by atoms with Crippen molar-refractivity contribution in [3.8, 4) is 0 Å².